The van der Waals surface area contributed by atoms with Crippen molar-refractivity contribution in [1.82, 2.24) is 10.2 Å². The summed E-state index contributed by atoms with van der Waals surface area (Å²) in [6.07, 6.45) is 2.39. The molecule has 2 aliphatic rings. The Morgan fingerprint density at radius 1 is 1.11 bits per heavy atom. The molecule has 0 bridgehead atoms. The topological polar surface area (TPSA) is 156 Å². The van der Waals surface area contributed by atoms with Gasteiger partial charge in [0.05, 0.1) is 13.2 Å². The number of hydrogen-bond acceptors (Lipinski definition) is 7. The molecule has 0 spiro atoms. The monoisotopic (exact) mass is 401 g/mol. The fraction of sp³-hybridized carbons (Fsp3) is 0.895. The zero-order valence-corrected chi connectivity index (χ0v) is 16.4. The van der Waals surface area contributed by atoms with Gasteiger partial charge in [-0.05, 0) is 31.7 Å². The first-order chi connectivity index (χ1) is 13.4. The molecule has 2 rings (SSSR count). The van der Waals surface area contributed by atoms with Gasteiger partial charge in [-0.15, -0.1) is 0 Å². The van der Waals surface area contributed by atoms with Crippen molar-refractivity contribution in [3.63, 3.8) is 0 Å². The molecule has 28 heavy (non-hydrogen) atoms. The second-order valence-corrected chi connectivity index (χ2v) is 8.05. The fourth-order valence-electron chi connectivity index (χ4n) is 4.23. The standard InChI is InChI=1S/C19H35N3O6/c20-8-4-7-14-18(27)21-13(9-12-5-2-1-3-6-12)19(28)22(14)10-15(24)17(26)16(25)11-23/h12-17,23-26H,1-11,20H2,(H,21,27). The molecule has 1 aliphatic heterocycles. The highest BCUT2D eigenvalue weighted by Crippen LogP contribution is 2.29. The second kappa shape index (κ2) is 11.1. The average Bonchev–Trinajstić information content (AvgIpc) is 2.70. The Bertz CT molecular complexity index is 514. The van der Waals surface area contributed by atoms with E-state index in [4.69, 9.17) is 10.8 Å². The quantitative estimate of drug-likeness (QED) is 0.259. The van der Waals surface area contributed by atoms with E-state index in [0.717, 1.165) is 25.7 Å². The molecule has 0 aromatic heterocycles. The van der Waals surface area contributed by atoms with E-state index < -0.39 is 37.0 Å². The van der Waals surface area contributed by atoms with Gasteiger partial charge in [0.25, 0.3) is 0 Å². The van der Waals surface area contributed by atoms with E-state index in [-0.39, 0.29) is 18.4 Å². The van der Waals surface area contributed by atoms with E-state index >= 15 is 0 Å². The number of aliphatic hydroxyl groups is 4. The molecule has 1 saturated heterocycles. The molecule has 1 saturated carbocycles. The summed E-state index contributed by atoms with van der Waals surface area (Å²) in [6, 6.07) is -1.41. The van der Waals surface area contributed by atoms with Crippen LogP contribution < -0.4 is 11.1 Å². The first kappa shape index (κ1) is 23.0. The molecule has 2 amide bonds. The van der Waals surface area contributed by atoms with Gasteiger partial charge in [-0.2, -0.15) is 0 Å². The van der Waals surface area contributed by atoms with Gasteiger partial charge in [-0.25, -0.2) is 0 Å². The van der Waals surface area contributed by atoms with Crippen LogP contribution in [0.25, 0.3) is 0 Å². The summed E-state index contributed by atoms with van der Waals surface area (Å²) in [4.78, 5) is 27.1. The predicted molar refractivity (Wildman–Crippen MR) is 102 cm³/mol. The van der Waals surface area contributed by atoms with E-state index in [1.807, 2.05) is 0 Å². The van der Waals surface area contributed by atoms with Crippen LogP contribution in [-0.2, 0) is 9.59 Å². The zero-order valence-electron chi connectivity index (χ0n) is 16.4. The highest BCUT2D eigenvalue weighted by atomic mass is 16.4. The summed E-state index contributed by atoms with van der Waals surface area (Å²) < 4.78 is 0. The number of nitrogens with one attached hydrogen (secondary N) is 1. The molecule has 0 aromatic carbocycles. The second-order valence-electron chi connectivity index (χ2n) is 8.05. The van der Waals surface area contributed by atoms with Crippen LogP contribution in [0.3, 0.4) is 0 Å². The van der Waals surface area contributed by atoms with Crippen LogP contribution in [0.2, 0.25) is 0 Å². The third-order valence-electron chi connectivity index (χ3n) is 5.91. The predicted octanol–water partition coefficient (Wildman–Crippen LogP) is -1.53. The molecule has 9 nitrogen and oxygen atoms in total. The van der Waals surface area contributed by atoms with E-state index in [2.05, 4.69) is 5.32 Å². The highest BCUT2D eigenvalue weighted by Gasteiger charge is 2.42. The van der Waals surface area contributed by atoms with Gasteiger partial charge in [0.15, 0.2) is 0 Å². The number of nitrogens with two attached hydrogens (primary N) is 1. The van der Waals surface area contributed by atoms with Gasteiger partial charge in [-0.3, -0.25) is 9.59 Å². The molecule has 7 N–H and O–H groups in total. The van der Waals surface area contributed by atoms with Crippen LogP contribution in [-0.4, -0.2) is 87.2 Å². The fourth-order valence-corrected chi connectivity index (χ4v) is 4.23. The maximum atomic E-state index is 13.1. The minimum absolute atomic E-state index is 0.279. The average molecular weight is 402 g/mol. The lowest BCUT2D eigenvalue weighted by molar-refractivity contribution is -0.154. The maximum absolute atomic E-state index is 13.1. The number of amides is 2. The summed E-state index contributed by atoms with van der Waals surface area (Å²) in [5, 5.41) is 41.6. The van der Waals surface area contributed by atoms with Gasteiger partial charge < -0.3 is 36.4 Å². The largest absolute Gasteiger partial charge is 0.394 e. The summed E-state index contributed by atoms with van der Waals surface area (Å²) >= 11 is 0. The van der Waals surface area contributed by atoms with Gasteiger partial charge in [0, 0.05) is 0 Å². The van der Waals surface area contributed by atoms with Gasteiger partial charge in [-0.1, -0.05) is 32.1 Å². The van der Waals surface area contributed by atoms with Crippen LogP contribution in [0.1, 0.15) is 51.4 Å². The summed E-state index contributed by atoms with van der Waals surface area (Å²) in [5.41, 5.74) is 5.54. The lowest BCUT2D eigenvalue weighted by atomic mass is 9.83. The van der Waals surface area contributed by atoms with Crippen molar-refractivity contribution >= 4 is 11.8 Å². The Morgan fingerprint density at radius 3 is 2.39 bits per heavy atom. The number of nitrogens with zero attached hydrogens (tertiary/aromatic N) is 1. The number of carbonyl (C=O) groups excluding carboxylic acids is 2. The van der Waals surface area contributed by atoms with Crippen molar-refractivity contribution in [3.8, 4) is 0 Å². The Morgan fingerprint density at radius 2 is 1.79 bits per heavy atom. The third-order valence-corrected chi connectivity index (χ3v) is 5.91. The molecule has 5 atom stereocenters. The van der Waals surface area contributed by atoms with Gasteiger partial charge in [0.2, 0.25) is 11.8 Å². The van der Waals surface area contributed by atoms with Crippen molar-refractivity contribution in [2.45, 2.75) is 81.8 Å². The lowest BCUT2D eigenvalue weighted by Gasteiger charge is -2.41. The van der Waals surface area contributed by atoms with E-state index in [1.54, 1.807) is 0 Å². The van der Waals surface area contributed by atoms with Crippen molar-refractivity contribution in [2.75, 3.05) is 19.7 Å². The Kier molecular flexibility index (Phi) is 9.10. The minimum atomic E-state index is -1.62. The molecular weight excluding hydrogens is 366 g/mol. The van der Waals surface area contributed by atoms with Crippen LogP contribution >= 0.6 is 0 Å². The van der Waals surface area contributed by atoms with Crippen LogP contribution in [0, 0.1) is 5.92 Å². The number of aliphatic hydroxyl groups excluding tert-OH is 4. The smallest absolute Gasteiger partial charge is 0.245 e. The molecular formula is C19H35N3O6. The van der Waals surface area contributed by atoms with Gasteiger partial charge >= 0.3 is 0 Å². The molecule has 1 heterocycles. The molecule has 162 valence electrons. The Balaban J connectivity index is 2.11. The Hall–Kier alpha value is -1.26. The van der Waals surface area contributed by atoms with Crippen LogP contribution in [0.4, 0.5) is 0 Å². The first-order valence-corrected chi connectivity index (χ1v) is 10.3. The van der Waals surface area contributed by atoms with Crippen LogP contribution in [0.5, 0.6) is 0 Å². The number of carbonyl (C=O) groups is 2. The Labute approximate surface area is 165 Å². The van der Waals surface area contributed by atoms with E-state index in [1.165, 1.54) is 11.3 Å². The minimum Gasteiger partial charge on any atom is -0.394 e. The van der Waals surface area contributed by atoms with E-state index in [0.29, 0.717) is 31.7 Å². The number of hydrogen-bond donors (Lipinski definition) is 6. The van der Waals surface area contributed by atoms with Crippen LogP contribution in [0.15, 0.2) is 0 Å². The lowest BCUT2D eigenvalue weighted by Crippen LogP contribution is -2.65. The normalized spacial score (nSPS) is 27.4. The zero-order chi connectivity index (χ0) is 20.7. The van der Waals surface area contributed by atoms with Crippen molar-refractivity contribution in [3.05, 3.63) is 0 Å². The molecule has 2 fully saturated rings. The maximum Gasteiger partial charge on any atom is 0.245 e. The summed E-state index contributed by atoms with van der Waals surface area (Å²) in [6.45, 7) is -0.639. The summed E-state index contributed by atoms with van der Waals surface area (Å²) in [5.74, 6) is -0.174. The van der Waals surface area contributed by atoms with Crippen molar-refractivity contribution in [1.29, 1.82) is 0 Å². The molecule has 1 aliphatic carbocycles. The summed E-state index contributed by atoms with van der Waals surface area (Å²) in [7, 11) is 0. The number of β-amino-alcohol motifs (C(OH)–C–C–N with tert-alkyl or cyclic N) is 1. The van der Waals surface area contributed by atoms with Crippen molar-refractivity contribution < 1.29 is 30.0 Å². The van der Waals surface area contributed by atoms with E-state index in [9.17, 15) is 24.9 Å². The molecule has 9 heteroatoms. The number of rotatable bonds is 10. The SMILES string of the molecule is NCCCC1C(=O)NC(CC2CCCCC2)C(=O)N1CC(O)C(O)C(O)CO. The molecule has 5 unspecified atom stereocenters. The van der Waals surface area contributed by atoms with Gasteiger partial charge in [0.1, 0.15) is 30.4 Å². The highest BCUT2D eigenvalue weighted by molar-refractivity contribution is 5.97. The van der Waals surface area contributed by atoms with Crippen molar-refractivity contribution in [2.24, 2.45) is 11.7 Å². The first-order valence-electron chi connectivity index (χ1n) is 10.3. The number of piperazine rings is 1. The molecule has 0 aromatic rings. The molecule has 0 radical (unpaired) electrons. The third kappa shape index (κ3) is 5.87.